The number of aromatic nitrogens is 4. The van der Waals surface area contributed by atoms with Crippen molar-refractivity contribution in [1.82, 2.24) is 19.7 Å². The van der Waals surface area contributed by atoms with Gasteiger partial charge in [-0.05, 0) is 49.4 Å². The number of nitrogens with zero attached hydrogens (tertiary/aromatic N) is 4. The summed E-state index contributed by atoms with van der Waals surface area (Å²) in [5.41, 5.74) is 2.67. The lowest BCUT2D eigenvalue weighted by Gasteiger charge is -2.19. The van der Waals surface area contributed by atoms with Crippen LogP contribution >= 0.6 is 11.3 Å². The summed E-state index contributed by atoms with van der Waals surface area (Å²) in [7, 11) is 1.67. The third-order valence-electron chi connectivity index (χ3n) is 4.86. The van der Waals surface area contributed by atoms with E-state index < -0.39 is 5.60 Å². The van der Waals surface area contributed by atoms with Gasteiger partial charge in [-0.3, -0.25) is 4.68 Å². The predicted molar refractivity (Wildman–Crippen MR) is 125 cm³/mol. The van der Waals surface area contributed by atoms with Gasteiger partial charge in [-0.1, -0.05) is 12.1 Å². The van der Waals surface area contributed by atoms with E-state index in [0.717, 1.165) is 32.7 Å². The molecule has 0 amide bonds. The number of hydrogen-bond donors (Lipinski definition) is 3. The van der Waals surface area contributed by atoms with Crippen LogP contribution in [0.1, 0.15) is 25.0 Å². The molecule has 3 heterocycles. The quantitative estimate of drug-likeness (QED) is 0.371. The summed E-state index contributed by atoms with van der Waals surface area (Å²) in [5, 5.41) is 24.4. The second-order valence-electron chi connectivity index (χ2n) is 7.87. The maximum Gasteiger partial charge on any atom is 0.230 e. The minimum atomic E-state index is -0.924. The van der Waals surface area contributed by atoms with Gasteiger partial charge in [-0.25, -0.2) is 4.98 Å². The highest BCUT2D eigenvalue weighted by atomic mass is 32.1. The van der Waals surface area contributed by atoms with Crippen molar-refractivity contribution in [3.63, 3.8) is 0 Å². The first-order valence-corrected chi connectivity index (χ1v) is 10.9. The van der Waals surface area contributed by atoms with Gasteiger partial charge in [0.25, 0.3) is 0 Å². The molecule has 0 spiro atoms. The van der Waals surface area contributed by atoms with Gasteiger partial charge in [0.2, 0.25) is 5.95 Å². The molecule has 162 valence electrons. The molecule has 0 aliphatic carbocycles. The van der Waals surface area contributed by atoms with Crippen molar-refractivity contribution in [2.45, 2.75) is 32.9 Å². The van der Waals surface area contributed by atoms with E-state index in [-0.39, 0.29) is 0 Å². The average Bonchev–Trinajstić information content (AvgIpc) is 3.32. The number of aryl methyl sites for hydroxylation is 1. The number of aliphatic hydroxyl groups is 1. The van der Waals surface area contributed by atoms with Gasteiger partial charge in [0.15, 0.2) is 0 Å². The molecule has 0 saturated heterocycles. The average molecular weight is 439 g/mol. The van der Waals surface area contributed by atoms with Crippen molar-refractivity contribution < 1.29 is 9.84 Å². The van der Waals surface area contributed by atoms with E-state index in [9.17, 15) is 5.11 Å². The summed E-state index contributed by atoms with van der Waals surface area (Å²) >= 11 is 1.58. The Labute approximate surface area is 184 Å². The molecule has 3 N–H and O–H groups in total. The molecular formula is C22H26N6O2S. The number of thiophene rings is 1. The molecule has 1 aromatic carbocycles. The van der Waals surface area contributed by atoms with E-state index in [2.05, 4.69) is 26.1 Å². The minimum absolute atomic E-state index is 0.488. The Bertz CT molecular complexity index is 1190. The van der Waals surface area contributed by atoms with Gasteiger partial charge < -0.3 is 20.5 Å². The molecule has 0 fully saturated rings. The maximum absolute atomic E-state index is 10.3. The second kappa shape index (κ2) is 8.62. The molecule has 31 heavy (non-hydrogen) atoms. The zero-order chi connectivity index (χ0) is 22.0. The van der Waals surface area contributed by atoms with Gasteiger partial charge >= 0.3 is 0 Å². The molecule has 8 nitrogen and oxygen atoms in total. The van der Waals surface area contributed by atoms with E-state index in [1.807, 2.05) is 37.4 Å². The zero-order valence-corrected chi connectivity index (χ0v) is 18.8. The van der Waals surface area contributed by atoms with E-state index in [1.54, 1.807) is 43.2 Å². The third-order valence-corrected chi connectivity index (χ3v) is 5.85. The predicted octanol–water partition coefficient (Wildman–Crippen LogP) is 4.56. The van der Waals surface area contributed by atoms with Crippen LogP contribution in [0.25, 0.3) is 10.2 Å². The van der Waals surface area contributed by atoms with E-state index >= 15 is 0 Å². The van der Waals surface area contributed by atoms with Crippen molar-refractivity contribution >= 4 is 44.7 Å². The lowest BCUT2D eigenvalue weighted by molar-refractivity contribution is 0.0786. The van der Waals surface area contributed by atoms with Gasteiger partial charge in [-0.2, -0.15) is 10.1 Å². The monoisotopic (exact) mass is 438 g/mol. The fourth-order valence-corrected chi connectivity index (χ4v) is 4.13. The summed E-state index contributed by atoms with van der Waals surface area (Å²) in [6.45, 7) is 6.86. The fourth-order valence-electron chi connectivity index (χ4n) is 3.21. The van der Waals surface area contributed by atoms with E-state index in [4.69, 9.17) is 9.72 Å². The molecule has 4 rings (SSSR count). The second-order valence-corrected chi connectivity index (χ2v) is 8.73. The number of anilines is 4. The van der Waals surface area contributed by atoms with Crippen LogP contribution in [0.3, 0.4) is 0 Å². The molecule has 0 aliphatic heterocycles. The van der Waals surface area contributed by atoms with Gasteiger partial charge in [-0.15, -0.1) is 11.3 Å². The van der Waals surface area contributed by atoms with E-state index in [1.165, 1.54) is 0 Å². The van der Waals surface area contributed by atoms with Gasteiger partial charge in [0, 0.05) is 19.0 Å². The van der Waals surface area contributed by atoms with E-state index in [0.29, 0.717) is 24.9 Å². The molecule has 3 aromatic heterocycles. The SMILES string of the molecule is COCCn1cc(Nc2nc(Nc3cccc(C(C)(C)O)c3)c3c(C)csc3n2)cn1. The first kappa shape index (κ1) is 21.2. The number of methoxy groups -OCH3 is 1. The van der Waals surface area contributed by atoms with Crippen LogP contribution in [0.15, 0.2) is 42.0 Å². The van der Waals surface area contributed by atoms with Gasteiger partial charge in [0.05, 0.1) is 36.0 Å². The summed E-state index contributed by atoms with van der Waals surface area (Å²) < 4.78 is 6.90. The van der Waals surface area contributed by atoms with Crippen molar-refractivity contribution in [3.8, 4) is 0 Å². The highest BCUT2D eigenvalue weighted by molar-refractivity contribution is 7.17. The largest absolute Gasteiger partial charge is 0.386 e. The molecule has 9 heteroatoms. The molecule has 0 saturated carbocycles. The van der Waals surface area contributed by atoms with Crippen LogP contribution in [0.2, 0.25) is 0 Å². The van der Waals surface area contributed by atoms with Crippen LogP contribution in [0.5, 0.6) is 0 Å². The standard InChI is InChI=1S/C22H26N6O2S/c1-14-13-31-20-18(14)19(24-16-7-5-6-15(10-16)22(2,3)29)26-21(27-20)25-17-11-23-28(12-17)8-9-30-4/h5-7,10-13,29H,8-9H2,1-4H3,(H2,24,25,26,27). The number of ether oxygens (including phenoxy) is 1. The smallest absolute Gasteiger partial charge is 0.230 e. The Morgan fingerprint density at radius 3 is 2.81 bits per heavy atom. The number of benzene rings is 1. The number of fused-ring (bicyclic) bond motifs is 1. The van der Waals surface area contributed by atoms with Crippen molar-refractivity contribution in [1.29, 1.82) is 0 Å². The Morgan fingerprint density at radius 1 is 1.19 bits per heavy atom. The summed E-state index contributed by atoms with van der Waals surface area (Å²) in [5.74, 6) is 1.20. The molecule has 0 aliphatic rings. The lowest BCUT2D eigenvalue weighted by Crippen LogP contribution is -2.15. The minimum Gasteiger partial charge on any atom is -0.386 e. The molecule has 0 atom stereocenters. The van der Waals surface area contributed by atoms with Gasteiger partial charge in [0.1, 0.15) is 10.6 Å². The molecule has 0 unspecified atom stereocenters. The number of hydrogen-bond acceptors (Lipinski definition) is 8. The van der Waals surface area contributed by atoms with Crippen molar-refractivity contribution in [2.75, 3.05) is 24.4 Å². The Hall–Kier alpha value is -3.01. The summed E-state index contributed by atoms with van der Waals surface area (Å²) in [6.07, 6.45) is 3.63. The van der Waals surface area contributed by atoms with Crippen LogP contribution in [0.4, 0.5) is 23.1 Å². The first-order valence-electron chi connectivity index (χ1n) is 9.97. The molecule has 0 radical (unpaired) electrons. The highest BCUT2D eigenvalue weighted by Gasteiger charge is 2.17. The first-order chi connectivity index (χ1) is 14.8. The van der Waals surface area contributed by atoms with Crippen LogP contribution < -0.4 is 10.6 Å². The Balaban J connectivity index is 1.65. The zero-order valence-electron chi connectivity index (χ0n) is 18.0. The number of nitrogens with one attached hydrogen (secondary N) is 2. The molecule has 0 bridgehead atoms. The van der Waals surface area contributed by atoms with Crippen molar-refractivity contribution in [2.24, 2.45) is 0 Å². The highest BCUT2D eigenvalue weighted by Crippen LogP contribution is 2.33. The molecular weight excluding hydrogens is 412 g/mol. The normalized spacial score (nSPS) is 11.8. The topological polar surface area (TPSA) is 97.1 Å². The van der Waals surface area contributed by atoms with Crippen LogP contribution in [-0.2, 0) is 16.9 Å². The Morgan fingerprint density at radius 2 is 2.03 bits per heavy atom. The van der Waals surface area contributed by atoms with Crippen LogP contribution in [0, 0.1) is 6.92 Å². The maximum atomic E-state index is 10.3. The molecule has 4 aromatic rings. The summed E-state index contributed by atoms with van der Waals surface area (Å²) in [6, 6.07) is 7.72. The fraction of sp³-hybridized carbons (Fsp3) is 0.318. The Kier molecular flexibility index (Phi) is 5.90. The van der Waals surface area contributed by atoms with Crippen LogP contribution in [-0.4, -0.2) is 38.6 Å². The third kappa shape index (κ3) is 4.84. The lowest BCUT2D eigenvalue weighted by atomic mass is 9.98. The number of rotatable bonds is 8. The van der Waals surface area contributed by atoms with Crippen molar-refractivity contribution in [3.05, 3.63) is 53.2 Å². The summed E-state index contributed by atoms with van der Waals surface area (Å²) in [4.78, 5) is 10.3.